The van der Waals surface area contributed by atoms with Crippen LogP contribution in [-0.4, -0.2) is 59.1 Å². The van der Waals surface area contributed by atoms with Crippen molar-refractivity contribution in [2.45, 2.75) is 19.9 Å². The van der Waals surface area contributed by atoms with Crippen molar-refractivity contribution in [2.75, 3.05) is 43.4 Å². The van der Waals surface area contributed by atoms with Gasteiger partial charge in [-0.2, -0.15) is 4.98 Å². The Kier molecular flexibility index (Phi) is 4.33. The minimum absolute atomic E-state index is 0.0388. The number of aromatic nitrogens is 2. The van der Waals surface area contributed by atoms with Crippen molar-refractivity contribution in [1.29, 1.82) is 0 Å². The second-order valence-corrected chi connectivity index (χ2v) is 4.99. The van der Waals surface area contributed by atoms with Gasteiger partial charge in [0, 0.05) is 32.2 Å². The number of rotatable bonds is 4. The van der Waals surface area contributed by atoms with E-state index < -0.39 is 4.92 Å². The molecule has 0 aromatic carbocycles. The van der Waals surface area contributed by atoms with E-state index in [0.717, 1.165) is 19.6 Å². The highest BCUT2D eigenvalue weighted by Gasteiger charge is 2.29. The van der Waals surface area contributed by atoms with Gasteiger partial charge in [-0.3, -0.25) is 10.1 Å². The van der Waals surface area contributed by atoms with Crippen molar-refractivity contribution >= 4 is 17.5 Å². The van der Waals surface area contributed by atoms with Gasteiger partial charge >= 0.3 is 5.69 Å². The topological polar surface area (TPSA) is 87.4 Å². The maximum atomic E-state index is 11.2. The van der Waals surface area contributed by atoms with Crippen LogP contribution in [0.5, 0.6) is 0 Å². The lowest BCUT2D eigenvalue weighted by Crippen LogP contribution is -2.51. The van der Waals surface area contributed by atoms with E-state index in [9.17, 15) is 10.1 Å². The highest BCUT2D eigenvalue weighted by molar-refractivity contribution is 5.59. The quantitative estimate of drug-likeness (QED) is 0.649. The molecule has 1 aliphatic rings. The molecule has 1 fully saturated rings. The summed E-state index contributed by atoms with van der Waals surface area (Å²) in [6, 6.07) is 0.178. The zero-order valence-corrected chi connectivity index (χ0v) is 12.0. The third kappa shape index (κ3) is 2.96. The van der Waals surface area contributed by atoms with E-state index in [2.05, 4.69) is 27.1 Å². The smallest absolute Gasteiger partial charge is 0.329 e. The number of likely N-dealkylation sites (N-methyl/N-ethyl adjacent to an activating group) is 1. The molecule has 1 aromatic rings. The van der Waals surface area contributed by atoms with Crippen molar-refractivity contribution in [3.63, 3.8) is 0 Å². The molecule has 110 valence electrons. The Morgan fingerprint density at radius 2 is 2.30 bits per heavy atom. The summed E-state index contributed by atoms with van der Waals surface area (Å²) in [7, 11) is 2.05. The SMILES string of the molecule is CCNc1ncc([N+](=O)[O-])c(N2CCN(C)CC2C)n1. The Hall–Kier alpha value is -1.96. The van der Waals surface area contributed by atoms with E-state index in [4.69, 9.17) is 0 Å². The first-order valence-electron chi connectivity index (χ1n) is 6.73. The predicted molar refractivity (Wildman–Crippen MR) is 77.2 cm³/mol. The van der Waals surface area contributed by atoms with Crippen LogP contribution in [0.3, 0.4) is 0 Å². The van der Waals surface area contributed by atoms with Crippen molar-refractivity contribution < 1.29 is 4.92 Å². The molecule has 0 amide bonds. The first kappa shape index (κ1) is 14.4. The van der Waals surface area contributed by atoms with Crippen LogP contribution in [0.15, 0.2) is 6.20 Å². The number of hydrogen-bond donors (Lipinski definition) is 1. The van der Waals surface area contributed by atoms with Crippen LogP contribution in [0.2, 0.25) is 0 Å². The summed E-state index contributed by atoms with van der Waals surface area (Å²) in [5.41, 5.74) is -0.0388. The Bertz CT molecular complexity index is 495. The summed E-state index contributed by atoms with van der Waals surface area (Å²) in [5.74, 6) is 0.834. The monoisotopic (exact) mass is 280 g/mol. The predicted octanol–water partition coefficient (Wildman–Crippen LogP) is 0.957. The largest absolute Gasteiger partial charge is 0.354 e. The van der Waals surface area contributed by atoms with Crippen LogP contribution in [0, 0.1) is 10.1 Å². The van der Waals surface area contributed by atoms with Gasteiger partial charge in [0.1, 0.15) is 6.20 Å². The van der Waals surface area contributed by atoms with E-state index in [1.54, 1.807) is 0 Å². The molecule has 1 saturated heterocycles. The molecular weight excluding hydrogens is 260 g/mol. The molecule has 1 aromatic heterocycles. The van der Waals surface area contributed by atoms with Crippen molar-refractivity contribution in [3.8, 4) is 0 Å². The molecule has 8 nitrogen and oxygen atoms in total. The van der Waals surface area contributed by atoms with E-state index in [1.807, 2.05) is 18.9 Å². The lowest BCUT2D eigenvalue weighted by atomic mass is 10.2. The van der Waals surface area contributed by atoms with Crippen molar-refractivity contribution in [1.82, 2.24) is 14.9 Å². The van der Waals surface area contributed by atoms with Gasteiger partial charge in [0.25, 0.3) is 0 Å². The molecule has 2 heterocycles. The van der Waals surface area contributed by atoms with Crippen LogP contribution >= 0.6 is 0 Å². The van der Waals surface area contributed by atoms with Gasteiger partial charge < -0.3 is 15.1 Å². The van der Waals surface area contributed by atoms with Gasteiger partial charge in [0.05, 0.1) is 4.92 Å². The second kappa shape index (κ2) is 6.00. The number of nitrogens with zero attached hydrogens (tertiary/aromatic N) is 5. The number of piperazine rings is 1. The third-order valence-electron chi connectivity index (χ3n) is 3.38. The normalized spacial score (nSPS) is 19.9. The molecule has 1 N–H and O–H groups in total. The van der Waals surface area contributed by atoms with Crippen LogP contribution in [0.25, 0.3) is 0 Å². The summed E-state index contributed by atoms with van der Waals surface area (Å²) >= 11 is 0. The minimum Gasteiger partial charge on any atom is -0.354 e. The van der Waals surface area contributed by atoms with Crippen molar-refractivity contribution in [2.24, 2.45) is 0 Å². The summed E-state index contributed by atoms with van der Waals surface area (Å²) in [5, 5.41) is 14.2. The standard InChI is InChI=1S/C12H20N6O2/c1-4-13-12-14-7-10(18(19)20)11(15-12)17-6-5-16(3)8-9(17)2/h7,9H,4-6,8H2,1-3H3,(H,13,14,15). The molecule has 1 aliphatic heterocycles. The van der Waals surface area contributed by atoms with E-state index in [1.165, 1.54) is 6.20 Å². The summed E-state index contributed by atoms with van der Waals surface area (Å²) < 4.78 is 0. The molecular formula is C12H20N6O2. The average Bonchev–Trinajstić information content (AvgIpc) is 2.38. The fourth-order valence-corrected chi connectivity index (χ4v) is 2.40. The zero-order valence-electron chi connectivity index (χ0n) is 12.0. The maximum absolute atomic E-state index is 11.2. The molecule has 2 rings (SSSR count). The lowest BCUT2D eigenvalue weighted by molar-refractivity contribution is -0.384. The van der Waals surface area contributed by atoms with E-state index in [0.29, 0.717) is 18.3 Å². The van der Waals surface area contributed by atoms with E-state index >= 15 is 0 Å². The summed E-state index contributed by atoms with van der Waals surface area (Å²) in [6.07, 6.45) is 1.28. The van der Waals surface area contributed by atoms with Crippen LogP contribution in [0.1, 0.15) is 13.8 Å². The molecule has 0 aliphatic carbocycles. The Morgan fingerprint density at radius 3 is 2.90 bits per heavy atom. The number of nitrogens with one attached hydrogen (secondary N) is 1. The summed E-state index contributed by atoms with van der Waals surface area (Å²) in [6.45, 7) is 7.10. The Labute approximate surface area is 118 Å². The molecule has 0 radical (unpaired) electrons. The van der Waals surface area contributed by atoms with Gasteiger partial charge in [-0.25, -0.2) is 4.98 Å². The number of anilines is 2. The van der Waals surface area contributed by atoms with Crippen LogP contribution in [-0.2, 0) is 0 Å². The molecule has 20 heavy (non-hydrogen) atoms. The van der Waals surface area contributed by atoms with Gasteiger partial charge in [-0.1, -0.05) is 0 Å². The second-order valence-electron chi connectivity index (χ2n) is 4.99. The third-order valence-corrected chi connectivity index (χ3v) is 3.38. The highest BCUT2D eigenvalue weighted by Crippen LogP contribution is 2.28. The Balaban J connectivity index is 2.36. The fraction of sp³-hybridized carbons (Fsp3) is 0.667. The minimum atomic E-state index is -0.421. The number of nitro groups is 1. The highest BCUT2D eigenvalue weighted by atomic mass is 16.6. The van der Waals surface area contributed by atoms with Gasteiger partial charge in [0.2, 0.25) is 11.8 Å². The molecule has 1 atom stereocenters. The molecule has 0 bridgehead atoms. The first-order valence-corrected chi connectivity index (χ1v) is 6.73. The van der Waals surface area contributed by atoms with Gasteiger partial charge in [-0.05, 0) is 20.9 Å². The number of hydrogen-bond acceptors (Lipinski definition) is 7. The fourth-order valence-electron chi connectivity index (χ4n) is 2.40. The Morgan fingerprint density at radius 1 is 1.55 bits per heavy atom. The van der Waals surface area contributed by atoms with E-state index in [-0.39, 0.29) is 11.7 Å². The van der Waals surface area contributed by atoms with Gasteiger partial charge in [0.15, 0.2) is 0 Å². The van der Waals surface area contributed by atoms with Gasteiger partial charge in [-0.15, -0.1) is 0 Å². The lowest BCUT2D eigenvalue weighted by Gasteiger charge is -2.38. The zero-order chi connectivity index (χ0) is 14.7. The molecule has 1 unspecified atom stereocenters. The average molecular weight is 280 g/mol. The van der Waals surface area contributed by atoms with Crippen LogP contribution in [0.4, 0.5) is 17.5 Å². The molecule has 8 heteroatoms. The van der Waals surface area contributed by atoms with Crippen LogP contribution < -0.4 is 10.2 Å². The molecule has 0 spiro atoms. The maximum Gasteiger partial charge on any atom is 0.329 e. The first-order chi connectivity index (χ1) is 9.52. The van der Waals surface area contributed by atoms with Crippen molar-refractivity contribution in [3.05, 3.63) is 16.3 Å². The summed E-state index contributed by atoms with van der Waals surface area (Å²) in [4.78, 5) is 23.3. The molecule has 0 saturated carbocycles.